The van der Waals surface area contributed by atoms with Gasteiger partial charge in [0.15, 0.2) is 0 Å². The average molecular weight is 739 g/mol. The third-order valence-corrected chi connectivity index (χ3v) is 11.6. The zero-order valence-electron chi connectivity index (χ0n) is 31.8. The molecule has 0 unspecified atom stereocenters. The molecule has 0 spiro atoms. The molecule has 2 nitrogen and oxygen atoms in total. The van der Waals surface area contributed by atoms with Crippen LogP contribution in [0.4, 0.5) is 17.1 Å². The molecule has 9 aromatic carbocycles. The van der Waals surface area contributed by atoms with Crippen molar-refractivity contribution in [2.24, 2.45) is 0 Å². The standard InChI is InChI=1S/C56H38N2/c1-4-15-39(16-5-1)41-26-32-45(33-27-41)58(46-34-28-42(29-35-46)40-17-6-2-7-18-40)47-36-30-43(31-37-47)48-25-14-38-57-55(48)53(44-19-8-3-9-20-44)54-51-23-12-10-21-49(51)50-22-11-13-24-52(50)56(54)57/h1-38H. The Bertz CT molecular complexity index is 3140. The average Bonchev–Trinajstić information content (AvgIpc) is 3.67. The van der Waals surface area contributed by atoms with Crippen molar-refractivity contribution in [3.8, 4) is 44.5 Å². The van der Waals surface area contributed by atoms with Gasteiger partial charge in [-0.25, -0.2) is 0 Å². The maximum Gasteiger partial charge on any atom is 0.0620 e. The van der Waals surface area contributed by atoms with E-state index in [-0.39, 0.29) is 0 Å². The predicted octanol–water partition coefficient (Wildman–Crippen LogP) is 15.5. The van der Waals surface area contributed by atoms with E-state index in [1.165, 1.54) is 82.5 Å². The number of nitrogens with zero attached hydrogens (tertiary/aromatic N) is 2. The quantitative estimate of drug-likeness (QED) is 0.148. The normalized spacial score (nSPS) is 11.4. The van der Waals surface area contributed by atoms with Gasteiger partial charge in [-0.3, -0.25) is 0 Å². The molecule has 0 aliphatic rings. The lowest BCUT2D eigenvalue weighted by atomic mass is 9.93. The van der Waals surface area contributed by atoms with Crippen molar-refractivity contribution in [1.82, 2.24) is 4.40 Å². The Labute approximate surface area is 338 Å². The Hall–Kier alpha value is -7.68. The third-order valence-electron chi connectivity index (χ3n) is 11.6. The van der Waals surface area contributed by atoms with Crippen molar-refractivity contribution in [2.45, 2.75) is 0 Å². The minimum absolute atomic E-state index is 1.09. The first-order valence-corrected chi connectivity index (χ1v) is 19.9. The molecular weight excluding hydrogens is 701 g/mol. The second-order valence-corrected chi connectivity index (χ2v) is 14.9. The second-order valence-electron chi connectivity index (χ2n) is 14.9. The Kier molecular flexibility index (Phi) is 8.19. The molecule has 11 rings (SSSR count). The van der Waals surface area contributed by atoms with Crippen LogP contribution in [0.2, 0.25) is 0 Å². The molecule has 272 valence electrons. The maximum absolute atomic E-state index is 2.44. The maximum atomic E-state index is 2.44. The molecule has 0 fully saturated rings. The SMILES string of the molecule is c1ccc(-c2ccc(N(c3ccc(-c4ccccc4)cc3)c3ccc(-c4cccn5c4c(-c4ccccc4)c4c6ccccc6c6ccccc6c45)cc3)cc2)cc1. The summed E-state index contributed by atoms with van der Waals surface area (Å²) in [6, 6.07) is 81.2. The zero-order chi connectivity index (χ0) is 38.4. The highest BCUT2D eigenvalue weighted by Gasteiger charge is 2.22. The van der Waals surface area contributed by atoms with Crippen molar-refractivity contribution in [2.75, 3.05) is 4.90 Å². The van der Waals surface area contributed by atoms with Gasteiger partial charge in [-0.2, -0.15) is 0 Å². The number of fused-ring (bicyclic) bond motifs is 8. The van der Waals surface area contributed by atoms with E-state index in [1.54, 1.807) is 0 Å². The molecule has 2 aromatic heterocycles. The van der Waals surface area contributed by atoms with Crippen LogP contribution in [-0.2, 0) is 0 Å². The summed E-state index contributed by atoms with van der Waals surface area (Å²) in [5.41, 5.74) is 15.4. The smallest absolute Gasteiger partial charge is 0.0620 e. The van der Waals surface area contributed by atoms with Crippen LogP contribution in [0.3, 0.4) is 0 Å². The first-order valence-electron chi connectivity index (χ1n) is 19.9. The van der Waals surface area contributed by atoms with Crippen LogP contribution < -0.4 is 4.90 Å². The highest BCUT2D eigenvalue weighted by molar-refractivity contribution is 6.31. The van der Waals surface area contributed by atoms with Crippen molar-refractivity contribution in [3.05, 3.63) is 231 Å². The van der Waals surface area contributed by atoms with Crippen LogP contribution in [-0.4, -0.2) is 4.40 Å². The third kappa shape index (κ3) is 5.66. The van der Waals surface area contributed by atoms with Gasteiger partial charge in [0.05, 0.1) is 11.0 Å². The summed E-state index contributed by atoms with van der Waals surface area (Å²) in [7, 11) is 0. The fourth-order valence-electron chi connectivity index (χ4n) is 8.92. The Balaban J connectivity index is 1.09. The van der Waals surface area contributed by atoms with Crippen LogP contribution in [0.25, 0.3) is 82.5 Å². The van der Waals surface area contributed by atoms with Gasteiger partial charge in [0, 0.05) is 45.2 Å². The van der Waals surface area contributed by atoms with Gasteiger partial charge < -0.3 is 9.30 Å². The number of hydrogen-bond donors (Lipinski definition) is 0. The first kappa shape index (κ1) is 33.6. The second kappa shape index (κ2) is 14.1. The van der Waals surface area contributed by atoms with Crippen molar-refractivity contribution in [3.63, 3.8) is 0 Å². The van der Waals surface area contributed by atoms with Gasteiger partial charge in [-0.15, -0.1) is 0 Å². The van der Waals surface area contributed by atoms with Crippen LogP contribution in [0.1, 0.15) is 0 Å². The highest BCUT2D eigenvalue weighted by Crippen LogP contribution is 2.47. The van der Waals surface area contributed by atoms with E-state index >= 15 is 0 Å². The van der Waals surface area contributed by atoms with E-state index in [2.05, 4.69) is 240 Å². The summed E-state index contributed by atoms with van der Waals surface area (Å²) in [6.45, 7) is 0. The molecule has 0 aliphatic carbocycles. The highest BCUT2D eigenvalue weighted by atomic mass is 15.1. The van der Waals surface area contributed by atoms with Crippen LogP contribution in [0, 0.1) is 0 Å². The van der Waals surface area contributed by atoms with E-state index in [0.29, 0.717) is 0 Å². The monoisotopic (exact) mass is 738 g/mol. The largest absolute Gasteiger partial charge is 0.315 e. The predicted molar refractivity (Wildman–Crippen MR) is 246 cm³/mol. The summed E-state index contributed by atoms with van der Waals surface area (Å²) in [5, 5.41) is 6.36. The molecule has 58 heavy (non-hydrogen) atoms. The minimum Gasteiger partial charge on any atom is -0.315 e. The summed E-state index contributed by atoms with van der Waals surface area (Å²) in [4.78, 5) is 2.35. The molecule has 2 heterocycles. The Morgan fingerprint density at radius 2 is 0.672 bits per heavy atom. The van der Waals surface area contributed by atoms with E-state index in [4.69, 9.17) is 0 Å². The number of rotatable bonds is 7. The molecule has 0 radical (unpaired) electrons. The van der Waals surface area contributed by atoms with Crippen molar-refractivity contribution >= 4 is 55.0 Å². The molecule has 0 aliphatic heterocycles. The Morgan fingerprint density at radius 3 is 1.19 bits per heavy atom. The lowest BCUT2D eigenvalue weighted by Gasteiger charge is -2.26. The fourth-order valence-corrected chi connectivity index (χ4v) is 8.92. The molecule has 11 aromatic rings. The van der Waals surface area contributed by atoms with Gasteiger partial charge >= 0.3 is 0 Å². The summed E-state index contributed by atoms with van der Waals surface area (Å²) < 4.78 is 2.44. The summed E-state index contributed by atoms with van der Waals surface area (Å²) in [6.07, 6.45) is 2.24. The molecular formula is C56H38N2. The number of benzene rings is 9. The van der Waals surface area contributed by atoms with Gasteiger partial charge in [0.25, 0.3) is 0 Å². The molecule has 0 saturated carbocycles. The molecule has 0 bridgehead atoms. The topological polar surface area (TPSA) is 7.65 Å². The van der Waals surface area contributed by atoms with E-state index in [0.717, 1.165) is 17.1 Å². The van der Waals surface area contributed by atoms with E-state index in [1.807, 2.05) is 0 Å². The fraction of sp³-hybridized carbons (Fsp3) is 0. The summed E-state index contributed by atoms with van der Waals surface area (Å²) >= 11 is 0. The summed E-state index contributed by atoms with van der Waals surface area (Å²) in [5.74, 6) is 0. The molecule has 0 saturated heterocycles. The molecule has 0 N–H and O–H groups in total. The number of hydrogen-bond acceptors (Lipinski definition) is 1. The zero-order valence-corrected chi connectivity index (χ0v) is 31.8. The first-order chi connectivity index (χ1) is 28.8. The number of anilines is 3. The molecule has 2 heteroatoms. The van der Waals surface area contributed by atoms with Gasteiger partial charge in [-0.1, -0.05) is 182 Å². The van der Waals surface area contributed by atoms with Crippen molar-refractivity contribution < 1.29 is 0 Å². The van der Waals surface area contributed by atoms with E-state index in [9.17, 15) is 0 Å². The van der Waals surface area contributed by atoms with Crippen LogP contribution >= 0.6 is 0 Å². The molecule has 0 atom stereocenters. The number of pyridine rings is 1. The number of aromatic nitrogens is 1. The minimum atomic E-state index is 1.09. The lowest BCUT2D eigenvalue weighted by Crippen LogP contribution is -2.09. The van der Waals surface area contributed by atoms with Crippen molar-refractivity contribution in [1.29, 1.82) is 0 Å². The van der Waals surface area contributed by atoms with Gasteiger partial charge in [0.1, 0.15) is 0 Å². The van der Waals surface area contributed by atoms with Gasteiger partial charge in [-0.05, 0) is 92.0 Å². The van der Waals surface area contributed by atoms with Crippen LogP contribution in [0.15, 0.2) is 231 Å². The van der Waals surface area contributed by atoms with E-state index < -0.39 is 0 Å². The Morgan fingerprint density at radius 1 is 0.276 bits per heavy atom. The van der Waals surface area contributed by atoms with Crippen LogP contribution in [0.5, 0.6) is 0 Å². The van der Waals surface area contributed by atoms with Gasteiger partial charge in [0.2, 0.25) is 0 Å². The molecule has 0 amide bonds. The lowest BCUT2D eigenvalue weighted by molar-refractivity contribution is 1.26.